The third kappa shape index (κ3) is 7.53. The Hall–Kier alpha value is -9.12. The van der Waals surface area contributed by atoms with Gasteiger partial charge in [-0.05, 0) is 56.6 Å². The molecule has 4 nitrogen and oxygen atoms in total. The highest BCUT2D eigenvalue weighted by atomic mass is 15.3. The van der Waals surface area contributed by atoms with Gasteiger partial charge >= 0.3 is 0 Å². The van der Waals surface area contributed by atoms with Gasteiger partial charge in [-0.1, -0.05) is 267 Å². The Kier molecular flexibility index (Phi) is 11.0. The molecule has 0 saturated heterocycles. The zero-order valence-electron chi connectivity index (χ0n) is 38.3. The van der Waals surface area contributed by atoms with E-state index in [1.54, 1.807) is 0 Å². The van der Waals surface area contributed by atoms with Crippen LogP contribution >= 0.6 is 0 Å². The molecular weight excluding hydrogens is 849 g/mol. The van der Waals surface area contributed by atoms with Crippen LogP contribution in [0.3, 0.4) is 0 Å². The molecule has 0 atom stereocenters. The van der Waals surface area contributed by atoms with Crippen LogP contribution in [0.4, 0.5) is 0 Å². The van der Waals surface area contributed by atoms with Gasteiger partial charge in [0.15, 0.2) is 0 Å². The number of hydrogen-bond donors (Lipinski definition) is 0. The third-order valence-corrected chi connectivity index (χ3v) is 13.4. The summed E-state index contributed by atoms with van der Waals surface area (Å²) in [6, 6.07) is 97.8. The number of nitrogens with zero attached hydrogens (tertiary/aromatic N) is 4. The minimum Gasteiger partial charge on any atom is -0.243 e. The molecule has 0 saturated carbocycles. The summed E-state index contributed by atoms with van der Waals surface area (Å²) >= 11 is 0. The van der Waals surface area contributed by atoms with Crippen molar-refractivity contribution in [2.24, 2.45) is 20.0 Å². The Labute approximate surface area is 409 Å². The first kappa shape index (κ1) is 42.2. The molecule has 70 heavy (non-hydrogen) atoms. The average Bonchev–Trinajstić information content (AvgIpc) is 4.08. The summed E-state index contributed by atoms with van der Waals surface area (Å²) in [7, 11) is 0. The van der Waals surface area contributed by atoms with Gasteiger partial charge in [-0.15, -0.1) is 0 Å². The average molecular weight is 895 g/mol. The first-order valence-corrected chi connectivity index (χ1v) is 23.8. The number of rotatable bonds is 11. The Morgan fingerprint density at radius 1 is 0.186 bits per heavy atom. The van der Waals surface area contributed by atoms with Gasteiger partial charge in [-0.25, -0.2) is 20.0 Å². The van der Waals surface area contributed by atoms with Crippen LogP contribution in [0.5, 0.6) is 0 Å². The molecule has 0 aromatic heterocycles. The van der Waals surface area contributed by atoms with Crippen LogP contribution in [0, 0.1) is 0 Å². The van der Waals surface area contributed by atoms with E-state index in [1.807, 2.05) is 24.3 Å². The van der Waals surface area contributed by atoms with E-state index in [-0.39, 0.29) is 0 Å². The van der Waals surface area contributed by atoms with E-state index in [9.17, 15) is 0 Å². The fraction of sp³-hybridized carbons (Fsp3) is 0.0303. The highest BCUT2D eigenvalue weighted by Gasteiger charge is 2.62. The second kappa shape index (κ2) is 18.2. The molecule has 0 amide bonds. The smallest absolute Gasteiger partial charge is 0.227 e. The largest absolute Gasteiger partial charge is 0.243 e. The van der Waals surface area contributed by atoms with Crippen molar-refractivity contribution >= 4 is 22.8 Å². The molecule has 0 radical (unpaired) electrons. The van der Waals surface area contributed by atoms with Gasteiger partial charge in [0.25, 0.3) is 0 Å². The summed E-state index contributed by atoms with van der Waals surface area (Å²) in [6.45, 7) is 0. The number of hydrogen-bond acceptors (Lipinski definition) is 4. The molecule has 0 fully saturated rings. The Morgan fingerprint density at radius 2 is 0.400 bits per heavy atom. The number of aliphatic imine (C=N–C) groups is 4. The maximum atomic E-state index is 6.21. The van der Waals surface area contributed by atoms with Crippen molar-refractivity contribution in [1.82, 2.24) is 0 Å². The summed E-state index contributed by atoms with van der Waals surface area (Å²) in [4.78, 5) is 24.8. The molecule has 12 rings (SSSR count). The third-order valence-electron chi connectivity index (χ3n) is 13.4. The van der Waals surface area contributed by atoms with Crippen LogP contribution in [-0.4, -0.2) is 22.8 Å². The van der Waals surface area contributed by atoms with Crippen LogP contribution < -0.4 is 0 Å². The highest BCUT2D eigenvalue weighted by Crippen LogP contribution is 2.58. The lowest BCUT2D eigenvalue weighted by Gasteiger charge is -2.40. The molecule has 2 aliphatic heterocycles. The minimum atomic E-state index is -1.56. The van der Waals surface area contributed by atoms with Gasteiger partial charge in [0, 0.05) is 33.4 Å². The lowest BCUT2D eigenvalue weighted by Crippen LogP contribution is -2.44. The second-order valence-electron chi connectivity index (χ2n) is 17.6. The molecule has 0 bridgehead atoms. The van der Waals surface area contributed by atoms with Crippen LogP contribution in [0.25, 0.3) is 44.5 Å². The first-order chi connectivity index (χ1) is 34.7. The van der Waals surface area contributed by atoms with Gasteiger partial charge in [-0.3, -0.25) is 0 Å². The second-order valence-corrected chi connectivity index (χ2v) is 17.6. The molecule has 2 heterocycles. The van der Waals surface area contributed by atoms with E-state index in [0.717, 1.165) is 101 Å². The summed E-state index contributed by atoms with van der Waals surface area (Å²) in [5.41, 5.74) is 13.9. The molecule has 330 valence electrons. The van der Waals surface area contributed by atoms with Crippen LogP contribution in [0.1, 0.15) is 33.4 Å². The van der Waals surface area contributed by atoms with Crippen LogP contribution in [0.15, 0.2) is 299 Å². The van der Waals surface area contributed by atoms with E-state index in [1.165, 1.54) is 0 Å². The van der Waals surface area contributed by atoms with Crippen molar-refractivity contribution in [1.29, 1.82) is 0 Å². The fourth-order valence-electron chi connectivity index (χ4n) is 10.1. The molecule has 0 unspecified atom stereocenters. The lowest BCUT2D eigenvalue weighted by molar-refractivity contribution is 0.258. The molecule has 2 aliphatic rings. The van der Waals surface area contributed by atoms with Crippen molar-refractivity contribution in [2.45, 2.75) is 11.3 Å². The lowest BCUT2D eigenvalue weighted by atomic mass is 9.75. The van der Waals surface area contributed by atoms with Gasteiger partial charge in [0.2, 0.25) is 11.3 Å². The normalized spacial score (nSPS) is 14.6. The van der Waals surface area contributed by atoms with E-state index in [2.05, 4.69) is 255 Å². The molecule has 0 N–H and O–H groups in total. The quantitative estimate of drug-likeness (QED) is 0.124. The van der Waals surface area contributed by atoms with Crippen LogP contribution in [-0.2, 0) is 11.3 Å². The highest BCUT2D eigenvalue weighted by molar-refractivity contribution is 6.56. The molecule has 10 aromatic carbocycles. The first-order valence-electron chi connectivity index (χ1n) is 23.8. The van der Waals surface area contributed by atoms with Crippen molar-refractivity contribution in [3.63, 3.8) is 0 Å². The zero-order valence-corrected chi connectivity index (χ0v) is 38.3. The Balaban J connectivity index is 1.29. The monoisotopic (exact) mass is 894 g/mol. The van der Waals surface area contributed by atoms with Crippen molar-refractivity contribution < 1.29 is 0 Å². The standard InChI is InChI=1S/C66H46N4/c1-9-25-47(26-10-1)55-41-43-59(57(45-55)49-29-13-3-14-30-49)65(67-61(51-33-17-5-18-34-51)62(68-65)52-35-19-6-20-36-52)66(69-63(53-37-21-7-22-38-53)64(70-66)54-39-23-8-24-40-54)60-44-42-56(48-27-11-2-12-28-48)46-58(60)50-31-15-4-16-32-50/h1-46H. The summed E-state index contributed by atoms with van der Waals surface area (Å²) in [5, 5.41) is 0. The van der Waals surface area contributed by atoms with Crippen molar-refractivity contribution in [2.75, 3.05) is 0 Å². The summed E-state index contributed by atoms with van der Waals surface area (Å²) in [5.74, 6) is 0. The maximum Gasteiger partial charge on any atom is 0.227 e. The predicted molar refractivity (Wildman–Crippen MR) is 290 cm³/mol. The Bertz CT molecular complexity index is 3240. The Morgan fingerprint density at radius 3 is 0.643 bits per heavy atom. The number of benzene rings is 10. The van der Waals surface area contributed by atoms with E-state index < -0.39 is 11.3 Å². The van der Waals surface area contributed by atoms with Crippen molar-refractivity contribution in [3.8, 4) is 44.5 Å². The zero-order chi connectivity index (χ0) is 46.7. The summed E-state index contributed by atoms with van der Waals surface area (Å²) in [6.07, 6.45) is 0. The van der Waals surface area contributed by atoms with E-state index in [0.29, 0.717) is 0 Å². The fourth-order valence-corrected chi connectivity index (χ4v) is 10.1. The van der Waals surface area contributed by atoms with Crippen LogP contribution in [0.2, 0.25) is 0 Å². The van der Waals surface area contributed by atoms with Gasteiger partial charge in [0.1, 0.15) is 0 Å². The summed E-state index contributed by atoms with van der Waals surface area (Å²) < 4.78 is 0. The molecule has 0 spiro atoms. The molecule has 10 aromatic rings. The van der Waals surface area contributed by atoms with Gasteiger partial charge in [-0.2, -0.15) is 0 Å². The molecule has 0 aliphatic carbocycles. The van der Waals surface area contributed by atoms with Crippen molar-refractivity contribution in [3.05, 3.63) is 312 Å². The van der Waals surface area contributed by atoms with E-state index in [4.69, 9.17) is 20.0 Å². The predicted octanol–water partition coefficient (Wildman–Crippen LogP) is 15.3. The van der Waals surface area contributed by atoms with Gasteiger partial charge in [0.05, 0.1) is 22.8 Å². The van der Waals surface area contributed by atoms with Gasteiger partial charge < -0.3 is 0 Å². The maximum absolute atomic E-state index is 6.21. The SMILES string of the molecule is c1ccc(C2=NC(c3ccc(-c4ccccc4)cc3-c3ccccc3)(C3(c4ccc(-c5ccccc5)cc4-c4ccccc4)N=C(c4ccccc4)C(c4ccccc4)=N3)N=C2c2ccccc2)cc1. The van der Waals surface area contributed by atoms with E-state index >= 15 is 0 Å². The topological polar surface area (TPSA) is 49.4 Å². The minimum absolute atomic E-state index is 0.763. The molecule has 4 heteroatoms. The molecular formula is C66H46N4.